The fourth-order valence-corrected chi connectivity index (χ4v) is 6.18. The van der Waals surface area contributed by atoms with Gasteiger partial charge >= 0.3 is 0 Å². The zero-order valence-electron chi connectivity index (χ0n) is 21.7. The zero-order chi connectivity index (χ0) is 25.6. The van der Waals surface area contributed by atoms with Crippen LogP contribution >= 0.6 is 0 Å². The van der Waals surface area contributed by atoms with Crippen LogP contribution < -0.4 is 0 Å². The Morgan fingerprint density at radius 1 is 1.00 bits per heavy atom. The molecule has 5 atom stereocenters. The van der Waals surface area contributed by atoms with Crippen LogP contribution in [-0.2, 0) is 33.2 Å². The molecule has 3 rings (SSSR count). The third kappa shape index (κ3) is 5.51. The molecule has 0 spiro atoms. The molecule has 0 amide bonds. The Morgan fingerprint density at radius 2 is 1.56 bits per heavy atom. The average Bonchev–Trinajstić information content (AvgIpc) is 3.21. The molecule has 0 aromatic heterocycles. The van der Waals surface area contributed by atoms with Crippen molar-refractivity contribution in [2.24, 2.45) is 0 Å². The first-order valence-electron chi connectivity index (χ1n) is 12.0. The molecule has 0 radical (unpaired) electrons. The molecule has 2 heterocycles. The van der Waals surface area contributed by atoms with Crippen LogP contribution in [0.15, 0.2) is 17.0 Å². The lowest BCUT2D eigenvalue weighted by Crippen LogP contribution is -2.44. The first-order chi connectivity index (χ1) is 15.7. The summed E-state index contributed by atoms with van der Waals surface area (Å²) in [5, 5.41) is 10.8. The molecule has 2 fully saturated rings. The number of hydrogen-bond donors (Lipinski definition) is 1. The molecule has 0 saturated carbocycles. The van der Waals surface area contributed by atoms with Gasteiger partial charge < -0.3 is 24.1 Å². The normalized spacial score (nSPS) is 27.7. The van der Waals surface area contributed by atoms with Gasteiger partial charge in [0.15, 0.2) is 12.1 Å². The summed E-state index contributed by atoms with van der Waals surface area (Å²) in [6.07, 6.45) is -3.99. The Morgan fingerprint density at radius 3 is 2.03 bits per heavy atom. The highest BCUT2D eigenvalue weighted by atomic mass is 32.2. The highest BCUT2D eigenvalue weighted by Gasteiger charge is 2.56. The highest BCUT2D eigenvalue weighted by molar-refractivity contribution is 7.86. The Hall–Kier alpha value is -1.07. The van der Waals surface area contributed by atoms with Gasteiger partial charge in [-0.05, 0) is 48.3 Å². The van der Waals surface area contributed by atoms with Crippen molar-refractivity contribution >= 4 is 10.1 Å². The lowest BCUT2D eigenvalue weighted by Gasteiger charge is -2.28. The largest absolute Gasteiger partial charge is 0.388 e. The van der Waals surface area contributed by atoms with Crippen molar-refractivity contribution < 1.29 is 36.7 Å². The van der Waals surface area contributed by atoms with E-state index in [-0.39, 0.29) is 22.6 Å². The Balaban J connectivity index is 1.84. The number of ether oxygens (including phenoxy) is 4. The van der Waals surface area contributed by atoms with Gasteiger partial charge in [0.25, 0.3) is 10.1 Å². The van der Waals surface area contributed by atoms with Crippen LogP contribution in [0.1, 0.15) is 89.8 Å². The predicted molar refractivity (Wildman–Crippen MR) is 127 cm³/mol. The van der Waals surface area contributed by atoms with Crippen LogP contribution in [0.3, 0.4) is 0 Å². The van der Waals surface area contributed by atoms with E-state index in [0.29, 0.717) is 0 Å². The molecular formula is C25H40O8S. The van der Waals surface area contributed by atoms with E-state index in [1.54, 1.807) is 13.8 Å². The monoisotopic (exact) mass is 500 g/mol. The molecule has 2 aliphatic rings. The van der Waals surface area contributed by atoms with Gasteiger partial charge in [-0.1, -0.05) is 53.7 Å². The van der Waals surface area contributed by atoms with Crippen molar-refractivity contribution in [2.75, 3.05) is 13.7 Å². The van der Waals surface area contributed by atoms with Crippen molar-refractivity contribution in [3.8, 4) is 0 Å². The third-order valence-corrected chi connectivity index (χ3v) is 7.82. The summed E-state index contributed by atoms with van der Waals surface area (Å²) in [7, 11) is -2.67. The number of aliphatic hydroxyl groups excluding tert-OH is 1. The Kier molecular flexibility index (Phi) is 8.19. The molecule has 9 heteroatoms. The first kappa shape index (κ1) is 27.5. The van der Waals surface area contributed by atoms with Gasteiger partial charge in [0.1, 0.15) is 29.3 Å². The van der Waals surface area contributed by atoms with E-state index in [9.17, 15) is 13.5 Å². The fraction of sp³-hybridized carbons (Fsp3) is 0.760. The molecular weight excluding hydrogens is 460 g/mol. The lowest BCUT2D eigenvalue weighted by molar-refractivity contribution is -0.228. The van der Waals surface area contributed by atoms with Gasteiger partial charge in [0, 0.05) is 7.11 Å². The summed E-state index contributed by atoms with van der Waals surface area (Å²) in [6.45, 7) is 15.1. The van der Waals surface area contributed by atoms with E-state index < -0.39 is 53.2 Å². The van der Waals surface area contributed by atoms with Gasteiger partial charge in [0.2, 0.25) is 0 Å². The fourth-order valence-electron chi connectivity index (χ4n) is 4.57. The number of benzene rings is 1. The second kappa shape index (κ2) is 10.1. The average molecular weight is 501 g/mol. The highest BCUT2D eigenvalue weighted by Crippen LogP contribution is 2.40. The summed E-state index contributed by atoms with van der Waals surface area (Å²) in [6, 6.07) is 3.90. The maximum atomic E-state index is 13.5. The van der Waals surface area contributed by atoms with Gasteiger partial charge in [0.05, 0.1) is 6.61 Å². The van der Waals surface area contributed by atoms with Crippen LogP contribution in [0.4, 0.5) is 0 Å². The van der Waals surface area contributed by atoms with Crippen LogP contribution in [0.2, 0.25) is 0 Å². The quantitative estimate of drug-likeness (QED) is 0.508. The number of aliphatic hydroxyl groups is 1. The molecule has 0 aliphatic carbocycles. The molecule has 1 aromatic rings. The Labute approximate surface area is 204 Å². The molecule has 1 N–H and O–H groups in total. The molecule has 194 valence electrons. The zero-order valence-corrected chi connectivity index (χ0v) is 22.5. The molecule has 34 heavy (non-hydrogen) atoms. The van der Waals surface area contributed by atoms with Gasteiger partial charge in [-0.25, -0.2) is 0 Å². The minimum atomic E-state index is -4.16. The minimum absolute atomic E-state index is 0.0254. The van der Waals surface area contributed by atoms with Crippen LogP contribution in [-0.4, -0.2) is 63.7 Å². The molecule has 8 nitrogen and oxygen atoms in total. The van der Waals surface area contributed by atoms with Crippen LogP contribution in [0, 0.1) is 0 Å². The maximum absolute atomic E-state index is 13.5. The molecule has 1 aromatic carbocycles. The Bertz CT molecular complexity index is 940. The standard InChI is InChI=1S/C25H40O8S/c1-13(2)16-10-17(14(3)4)23(18(11-16)15(5)6)34(27,28)30-12-19(26)20-21(29-9)22-24(31-20)33-25(7,8)32-22/h10-11,13-15,19-22,24,26H,12H2,1-9H3/t19-,20-,21+,22-,24-/m1/s1. The summed E-state index contributed by atoms with van der Waals surface area (Å²) in [4.78, 5) is 0.190. The van der Waals surface area contributed by atoms with Crippen molar-refractivity contribution in [3.05, 3.63) is 28.8 Å². The molecule has 2 saturated heterocycles. The molecule has 2 aliphatic heterocycles. The summed E-state index contributed by atoms with van der Waals surface area (Å²) >= 11 is 0. The summed E-state index contributed by atoms with van der Waals surface area (Å²) in [5.41, 5.74) is 2.52. The van der Waals surface area contributed by atoms with Crippen LogP contribution in [0.5, 0.6) is 0 Å². The summed E-state index contributed by atoms with van der Waals surface area (Å²) in [5.74, 6) is -0.621. The van der Waals surface area contributed by atoms with Gasteiger partial charge in [-0.2, -0.15) is 8.42 Å². The van der Waals surface area contributed by atoms with Crippen molar-refractivity contribution in [1.82, 2.24) is 0 Å². The second-order valence-corrected chi connectivity index (χ2v) is 12.1. The van der Waals surface area contributed by atoms with E-state index in [1.807, 2.05) is 39.8 Å². The van der Waals surface area contributed by atoms with E-state index in [1.165, 1.54) is 7.11 Å². The third-order valence-electron chi connectivity index (χ3n) is 6.40. The number of methoxy groups -OCH3 is 1. The smallest absolute Gasteiger partial charge is 0.297 e. The van der Waals surface area contributed by atoms with Gasteiger partial charge in [-0.15, -0.1) is 0 Å². The van der Waals surface area contributed by atoms with Gasteiger partial charge in [-0.3, -0.25) is 4.18 Å². The van der Waals surface area contributed by atoms with E-state index in [2.05, 4.69) is 13.8 Å². The number of hydrogen-bond acceptors (Lipinski definition) is 8. The second-order valence-electron chi connectivity index (χ2n) is 10.6. The van der Waals surface area contributed by atoms with Crippen molar-refractivity contribution in [1.29, 1.82) is 0 Å². The minimum Gasteiger partial charge on any atom is -0.388 e. The van der Waals surface area contributed by atoms with E-state index in [0.717, 1.165) is 16.7 Å². The van der Waals surface area contributed by atoms with Crippen LogP contribution in [0.25, 0.3) is 0 Å². The SMILES string of the molecule is CO[C@@H]1[C@H]2OC(C)(C)O[C@H]2O[C@@H]1[C@H](O)COS(=O)(=O)c1c(C(C)C)cc(C(C)C)cc1C(C)C. The van der Waals surface area contributed by atoms with E-state index >= 15 is 0 Å². The topological polar surface area (TPSA) is 101 Å². The maximum Gasteiger partial charge on any atom is 0.297 e. The van der Waals surface area contributed by atoms with Crippen molar-refractivity contribution in [3.63, 3.8) is 0 Å². The van der Waals surface area contributed by atoms with Crippen molar-refractivity contribution in [2.45, 2.75) is 115 Å². The number of rotatable bonds is 9. The first-order valence-corrected chi connectivity index (χ1v) is 13.4. The lowest BCUT2D eigenvalue weighted by atomic mass is 9.89. The molecule has 0 unspecified atom stereocenters. The summed E-state index contributed by atoms with van der Waals surface area (Å²) < 4.78 is 55.3. The number of fused-ring (bicyclic) bond motifs is 1. The molecule has 0 bridgehead atoms. The van der Waals surface area contributed by atoms with E-state index in [4.69, 9.17) is 23.1 Å². The predicted octanol–water partition coefficient (Wildman–Crippen LogP) is 4.01.